The Morgan fingerprint density at radius 2 is 1.82 bits per heavy atom. The van der Waals surface area contributed by atoms with E-state index in [0.29, 0.717) is 18.4 Å². The Hall–Kier alpha value is -0.940. The molecule has 10 heteroatoms. The van der Waals surface area contributed by atoms with Gasteiger partial charge in [0, 0.05) is 13.2 Å². The van der Waals surface area contributed by atoms with E-state index in [4.69, 9.17) is 23.9 Å². The molecule has 0 aliphatic carbocycles. The Morgan fingerprint density at radius 1 is 1.21 bits per heavy atom. The number of thioether (sulfide) groups is 1. The first-order valence-corrected chi connectivity index (χ1v) is 12.9. The molecule has 0 aromatic heterocycles. The van der Waals surface area contributed by atoms with E-state index in [1.807, 2.05) is 0 Å². The number of rotatable bonds is 11. The fraction of sp³-hybridized carbons (Fsp3) is 0.913. The van der Waals surface area contributed by atoms with Gasteiger partial charge in [-0.15, -0.1) is 0 Å². The first kappa shape index (κ1) is 28.3. The van der Waals surface area contributed by atoms with Crippen LogP contribution in [0.3, 0.4) is 0 Å². The lowest BCUT2D eigenvalue weighted by molar-refractivity contribution is -0.212. The van der Waals surface area contributed by atoms with Gasteiger partial charge in [0.1, 0.15) is 42.1 Å². The molecule has 2 aliphatic rings. The number of carbonyl (C=O) groups excluding carboxylic acids is 1. The molecule has 0 spiro atoms. The number of amides is 1. The lowest BCUT2D eigenvalue weighted by Crippen LogP contribution is -2.59. The van der Waals surface area contributed by atoms with E-state index in [2.05, 4.69) is 13.8 Å². The molecule has 0 aromatic rings. The summed E-state index contributed by atoms with van der Waals surface area (Å²) >= 11 is 1.23. The minimum absolute atomic E-state index is 0.169. The van der Waals surface area contributed by atoms with Crippen LogP contribution in [0.15, 0.2) is 4.99 Å². The molecule has 0 radical (unpaired) electrons. The molecule has 8 nitrogen and oxygen atoms in total. The second-order valence-electron chi connectivity index (χ2n) is 9.43. The van der Waals surface area contributed by atoms with E-state index in [0.717, 1.165) is 25.7 Å². The Morgan fingerprint density at radius 3 is 2.33 bits per heavy atom. The summed E-state index contributed by atoms with van der Waals surface area (Å²) < 4.78 is 37.4. The monoisotopic (exact) mass is 492 g/mol. The van der Waals surface area contributed by atoms with Crippen LogP contribution in [0, 0.1) is 0 Å². The number of fused-ring (bicyclic) bond motifs is 1. The first-order valence-electron chi connectivity index (χ1n) is 12.0. The molecule has 1 fully saturated rings. The molecule has 2 rings (SSSR count). The number of hydrogen-bond acceptors (Lipinski definition) is 8. The maximum absolute atomic E-state index is 13.3. The fourth-order valence-electron chi connectivity index (χ4n) is 3.64. The zero-order valence-corrected chi connectivity index (χ0v) is 21.6. The van der Waals surface area contributed by atoms with Crippen molar-refractivity contribution >= 4 is 23.0 Å². The molecule has 0 bridgehead atoms. The van der Waals surface area contributed by atoms with Gasteiger partial charge in [-0.1, -0.05) is 38.5 Å². The number of aliphatic hydroxyl groups is 1. The molecule has 2 aliphatic heterocycles. The van der Waals surface area contributed by atoms with Crippen LogP contribution in [0.2, 0.25) is 0 Å². The molecule has 1 N–H and O–H groups in total. The highest BCUT2D eigenvalue weighted by Gasteiger charge is 2.53. The van der Waals surface area contributed by atoms with Crippen molar-refractivity contribution in [1.82, 2.24) is 4.90 Å². The summed E-state index contributed by atoms with van der Waals surface area (Å²) in [4.78, 5) is 18.7. The summed E-state index contributed by atoms with van der Waals surface area (Å²) in [5.41, 5.74) is -1.21. The molecule has 0 aromatic carbocycles. The highest BCUT2D eigenvalue weighted by molar-refractivity contribution is 8.14. The van der Waals surface area contributed by atoms with Crippen LogP contribution in [0.5, 0.6) is 0 Å². The number of unbranched alkanes of at least 4 members (excludes halogenated alkanes) is 2. The average Bonchev–Trinajstić information content (AvgIpc) is 3.15. The van der Waals surface area contributed by atoms with E-state index in [1.165, 1.54) is 16.7 Å². The number of amidine groups is 1. The van der Waals surface area contributed by atoms with Crippen LogP contribution in [0.4, 0.5) is 9.18 Å². The summed E-state index contributed by atoms with van der Waals surface area (Å²) in [6, 6.07) is -0.451. The van der Waals surface area contributed by atoms with Crippen LogP contribution in [-0.4, -0.2) is 89.2 Å². The van der Waals surface area contributed by atoms with Gasteiger partial charge in [0.05, 0.1) is 12.6 Å². The van der Waals surface area contributed by atoms with Gasteiger partial charge in [-0.05, 0) is 40.5 Å². The van der Waals surface area contributed by atoms with Gasteiger partial charge in [-0.3, -0.25) is 9.89 Å². The van der Waals surface area contributed by atoms with Crippen molar-refractivity contribution in [2.24, 2.45) is 4.99 Å². The third-order valence-corrected chi connectivity index (χ3v) is 6.44. The fourth-order valence-corrected chi connectivity index (χ4v) is 4.86. The topological polar surface area (TPSA) is 89.8 Å². The van der Waals surface area contributed by atoms with Crippen molar-refractivity contribution in [3.05, 3.63) is 0 Å². The third kappa shape index (κ3) is 8.06. The van der Waals surface area contributed by atoms with Crippen LogP contribution in [-0.2, 0) is 18.9 Å². The minimum atomic E-state index is -0.785. The summed E-state index contributed by atoms with van der Waals surface area (Å²) in [7, 11) is 0. The maximum Gasteiger partial charge on any atom is 0.416 e. The van der Waals surface area contributed by atoms with E-state index in [9.17, 15) is 14.3 Å². The summed E-state index contributed by atoms with van der Waals surface area (Å²) in [5, 5.41) is 10.8. The zero-order chi connectivity index (χ0) is 24.6. The van der Waals surface area contributed by atoms with Crippen molar-refractivity contribution in [3.8, 4) is 0 Å². The average molecular weight is 493 g/mol. The van der Waals surface area contributed by atoms with Gasteiger partial charge in [0.25, 0.3) is 0 Å². The van der Waals surface area contributed by atoms with Crippen molar-refractivity contribution in [3.63, 3.8) is 0 Å². The van der Waals surface area contributed by atoms with Crippen LogP contribution >= 0.6 is 11.8 Å². The number of aliphatic imine (C=N–C) groups is 1. The molecular weight excluding hydrogens is 451 g/mol. The number of hydrogen-bond donors (Lipinski definition) is 1. The Bertz CT molecular complexity index is 645. The third-order valence-electron chi connectivity index (χ3n) is 5.28. The van der Waals surface area contributed by atoms with Gasteiger partial charge >= 0.3 is 6.09 Å². The van der Waals surface area contributed by atoms with E-state index in [-0.39, 0.29) is 6.54 Å². The molecule has 1 amide bonds. The quantitative estimate of drug-likeness (QED) is 0.434. The predicted octanol–water partition coefficient (Wildman–Crippen LogP) is 4.14. The largest absolute Gasteiger partial charge is 0.443 e. The van der Waals surface area contributed by atoms with E-state index >= 15 is 0 Å². The second-order valence-corrected chi connectivity index (χ2v) is 10.5. The predicted molar refractivity (Wildman–Crippen MR) is 127 cm³/mol. The van der Waals surface area contributed by atoms with E-state index < -0.39 is 54.3 Å². The molecule has 0 saturated carbocycles. The van der Waals surface area contributed by atoms with Gasteiger partial charge < -0.3 is 24.1 Å². The normalized spacial score (nSPS) is 28.2. The smallest absolute Gasteiger partial charge is 0.416 e. The SMILES string of the molecule is CCCCO[C@@H]1[C@H]2N=C(N(CCF)C(=O)OC(C)(C)C)S[C@H]2O[C@H](C(C)O)[C@H]1OCCCC. The lowest BCUT2D eigenvalue weighted by Gasteiger charge is -2.43. The summed E-state index contributed by atoms with van der Waals surface area (Å²) in [5.74, 6) is 0. The van der Waals surface area contributed by atoms with Crippen molar-refractivity contribution < 1.29 is 33.2 Å². The second kappa shape index (κ2) is 13.2. The highest BCUT2D eigenvalue weighted by Crippen LogP contribution is 2.40. The van der Waals surface area contributed by atoms with Gasteiger partial charge in [0.2, 0.25) is 0 Å². The van der Waals surface area contributed by atoms with Crippen LogP contribution in [0.25, 0.3) is 0 Å². The van der Waals surface area contributed by atoms with Gasteiger partial charge in [-0.2, -0.15) is 0 Å². The number of halogens is 1. The molecule has 1 saturated heterocycles. The van der Waals surface area contributed by atoms with Crippen LogP contribution in [0.1, 0.15) is 67.2 Å². The van der Waals surface area contributed by atoms with E-state index in [1.54, 1.807) is 27.7 Å². The summed E-state index contributed by atoms with van der Waals surface area (Å²) in [6.45, 7) is 11.3. The Labute approximate surface area is 201 Å². The number of ether oxygens (including phenoxy) is 4. The molecule has 33 heavy (non-hydrogen) atoms. The maximum atomic E-state index is 13.3. The Balaban J connectivity index is 2.31. The first-order chi connectivity index (χ1) is 15.6. The molecule has 1 unspecified atom stereocenters. The van der Waals surface area contributed by atoms with Crippen molar-refractivity contribution in [1.29, 1.82) is 0 Å². The number of aliphatic hydroxyl groups excluding tert-OH is 1. The van der Waals surface area contributed by atoms with Gasteiger partial charge in [0.15, 0.2) is 5.17 Å². The number of alkyl halides is 1. The van der Waals surface area contributed by atoms with Crippen LogP contribution < -0.4 is 0 Å². The summed E-state index contributed by atoms with van der Waals surface area (Å²) in [6.07, 6.45) is 0.710. The number of nitrogens with zero attached hydrogens (tertiary/aromatic N) is 2. The van der Waals surface area contributed by atoms with Crippen molar-refractivity contribution in [2.45, 2.75) is 109 Å². The minimum Gasteiger partial charge on any atom is -0.443 e. The molecule has 2 heterocycles. The standard InChI is InChI=1S/C23H41FN2O6S/c1-7-9-13-29-18-16-20(31-17(15(3)27)19(18)30-14-10-8-2)33-21(25-16)26(12-11-24)22(28)32-23(4,5)6/h15-20,27H,7-14H2,1-6H3/t15?,16-,17-,18-,19-,20-/m1/s1. The molecular formula is C23H41FN2O6S. The highest BCUT2D eigenvalue weighted by atomic mass is 32.2. The number of carbonyl (C=O) groups is 1. The van der Waals surface area contributed by atoms with Crippen molar-refractivity contribution in [2.75, 3.05) is 26.4 Å². The molecule has 6 atom stereocenters. The van der Waals surface area contributed by atoms with Gasteiger partial charge in [-0.25, -0.2) is 9.18 Å². The zero-order valence-electron chi connectivity index (χ0n) is 20.8. The molecule has 192 valence electrons. The Kier molecular flexibility index (Phi) is 11.3. The lowest BCUT2D eigenvalue weighted by atomic mass is 9.94.